The van der Waals surface area contributed by atoms with Crippen molar-refractivity contribution in [3.8, 4) is 0 Å². The number of allylic oxidation sites excluding steroid dienone is 1. The molecule has 0 aromatic heterocycles. The average molecular weight is 925 g/mol. The zero-order valence-electron chi connectivity index (χ0n) is 37.3. The Balaban J connectivity index is 1.61. The quantitative estimate of drug-likeness (QED) is 0.0884. The van der Waals surface area contributed by atoms with Crippen molar-refractivity contribution >= 4 is 41.8 Å². The molecule has 0 saturated carbocycles. The van der Waals surface area contributed by atoms with Crippen LogP contribution >= 0.6 is 0 Å². The summed E-state index contributed by atoms with van der Waals surface area (Å²) in [5.41, 5.74) is 0.120. The van der Waals surface area contributed by atoms with Crippen LogP contribution in [0.3, 0.4) is 0 Å². The molecular formula is C43H56O22. The molecule has 4 heterocycles. The van der Waals surface area contributed by atoms with Crippen LogP contribution in [0.15, 0.2) is 43.0 Å². The van der Waals surface area contributed by atoms with E-state index >= 15 is 0 Å². The molecule has 0 spiro atoms. The molecule has 0 aliphatic carbocycles. The topological polar surface area (TPSA) is 258 Å². The summed E-state index contributed by atoms with van der Waals surface area (Å²) < 4.78 is 89.6. The standard InChI is InChI=1S/C43H56O22/c1-10-11-15-18-51-40-36(61-39(50)28-16-13-12-14-17-28)34(62-42-37(59-27(8)49)35(58-26(7)48)32(56-24(5)46)30(60-42)19-52-22(3)44)31(21(2)54-40)63-43(9)64-38-33(57-25(6)47)29(55-23(4)45)20-53-41(38)65-43/h10,12-14,16-17,21,29-38,40-42H,1,11,15,18-20H2,2-9H3/t21-,29+,30+,31-,32+,33-,34+,35-,36+,37+,38+,40+,41+,42-,43?/m0/s1. The predicted octanol–water partition coefficient (Wildman–Crippen LogP) is 2.10. The van der Waals surface area contributed by atoms with Crippen LogP contribution in [-0.2, 0) is 99.8 Å². The van der Waals surface area contributed by atoms with E-state index in [9.17, 15) is 33.6 Å². The number of carbonyl (C=O) groups excluding carboxylic acids is 7. The van der Waals surface area contributed by atoms with Crippen molar-refractivity contribution < 1.29 is 105 Å². The van der Waals surface area contributed by atoms with Gasteiger partial charge in [0.25, 0.3) is 5.97 Å². The highest BCUT2D eigenvalue weighted by Crippen LogP contribution is 2.42. The van der Waals surface area contributed by atoms with Gasteiger partial charge in [0.05, 0.1) is 24.9 Å². The number of hydrogen-bond donors (Lipinski definition) is 0. The van der Waals surface area contributed by atoms with Gasteiger partial charge in [-0.05, 0) is 31.9 Å². The summed E-state index contributed by atoms with van der Waals surface area (Å²) in [5.74, 6) is -7.79. The molecule has 4 aliphatic heterocycles. The van der Waals surface area contributed by atoms with Crippen molar-refractivity contribution in [1.29, 1.82) is 0 Å². The lowest BCUT2D eigenvalue weighted by molar-refractivity contribution is -0.411. The Morgan fingerprint density at radius 2 is 1.29 bits per heavy atom. The minimum Gasteiger partial charge on any atom is -0.463 e. The molecular weight excluding hydrogens is 868 g/mol. The van der Waals surface area contributed by atoms with Crippen molar-refractivity contribution in [2.75, 3.05) is 19.8 Å². The van der Waals surface area contributed by atoms with Gasteiger partial charge in [0.1, 0.15) is 24.9 Å². The zero-order chi connectivity index (χ0) is 47.6. The lowest BCUT2D eigenvalue weighted by atomic mass is 9.96. The minimum atomic E-state index is -2.12. The summed E-state index contributed by atoms with van der Waals surface area (Å²) >= 11 is 0. The molecule has 1 aromatic carbocycles. The Morgan fingerprint density at radius 1 is 0.692 bits per heavy atom. The highest BCUT2D eigenvalue weighted by molar-refractivity contribution is 5.89. The van der Waals surface area contributed by atoms with E-state index in [4.69, 9.17) is 71.1 Å². The molecule has 4 saturated heterocycles. The van der Waals surface area contributed by atoms with E-state index in [0.717, 1.165) is 34.6 Å². The van der Waals surface area contributed by atoms with Crippen LogP contribution in [0.2, 0.25) is 0 Å². The van der Waals surface area contributed by atoms with Gasteiger partial charge in [-0.25, -0.2) is 4.79 Å². The smallest absolute Gasteiger partial charge is 0.338 e. The number of esters is 7. The maximum atomic E-state index is 14.0. The van der Waals surface area contributed by atoms with E-state index in [0.29, 0.717) is 12.8 Å². The molecule has 22 nitrogen and oxygen atoms in total. The predicted molar refractivity (Wildman–Crippen MR) is 212 cm³/mol. The Hall–Kier alpha value is -5.07. The molecule has 4 fully saturated rings. The van der Waals surface area contributed by atoms with E-state index in [1.807, 2.05) is 0 Å². The van der Waals surface area contributed by atoms with Crippen LogP contribution in [0.25, 0.3) is 0 Å². The molecule has 1 aromatic rings. The van der Waals surface area contributed by atoms with Crippen LogP contribution < -0.4 is 0 Å². The van der Waals surface area contributed by atoms with Crippen LogP contribution in [0.1, 0.15) is 78.6 Å². The summed E-state index contributed by atoms with van der Waals surface area (Å²) in [5, 5.41) is 0. The first kappa shape index (κ1) is 50.9. The first-order chi connectivity index (χ1) is 30.8. The lowest BCUT2D eigenvalue weighted by Crippen LogP contribution is -2.67. The maximum Gasteiger partial charge on any atom is 0.338 e. The van der Waals surface area contributed by atoms with Gasteiger partial charge >= 0.3 is 41.8 Å². The van der Waals surface area contributed by atoms with E-state index in [1.54, 1.807) is 31.2 Å². The highest BCUT2D eigenvalue weighted by atomic mass is 16.9. The van der Waals surface area contributed by atoms with Crippen molar-refractivity contribution in [3.05, 3.63) is 48.6 Å². The largest absolute Gasteiger partial charge is 0.463 e. The third-order valence-electron chi connectivity index (χ3n) is 10.1. The Bertz CT molecular complexity index is 1860. The number of benzene rings is 1. The summed E-state index contributed by atoms with van der Waals surface area (Å²) in [4.78, 5) is 88.2. The molecule has 0 N–H and O–H groups in total. The Labute approximate surface area is 374 Å². The van der Waals surface area contributed by atoms with Crippen molar-refractivity contribution in [2.24, 2.45) is 0 Å². The van der Waals surface area contributed by atoms with Crippen LogP contribution in [0.5, 0.6) is 0 Å². The molecule has 15 atom stereocenters. The van der Waals surface area contributed by atoms with E-state index in [2.05, 4.69) is 6.58 Å². The second-order valence-electron chi connectivity index (χ2n) is 15.5. The monoisotopic (exact) mass is 924 g/mol. The molecule has 4 aliphatic rings. The van der Waals surface area contributed by atoms with Crippen LogP contribution in [0, 0.1) is 0 Å². The van der Waals surface area contributed by atoms with Gasteiger partial charge in [0.15, 0.2) is 61.6 Å². The van der Waals surface area contributed by atoms with Gasteiger partial charge < -0.3 is 66.3 Å². The number of ether oxygens (including phenoxy) is 15. The van der Waals surface area contributed by atoms with Gasteiger partial charge in [0.2, 0.25) is 0 Å². The number of fused-ring (bicyclic) bond motifs is 1. The van der Waals surface area contributed by atoms with Gasteiger partial charge in [-0.3, -0.25) is 33.5 Å². The van der Waals surface area contributed by atoms with Gasteiger partial charge in [-0.1, -0.05) is 24.3 Å². The number of hydrogen-bond acceptors (Lipinski definition) is 22. The molecule has 22 heteroatoms. The molecule has 0 amide bonds. The molecule has 0 radical (unpaired) electrons. The molecule has 5 rings (SSSR count). The molecule has 0 bridgehead atoms. The SMILES string of the molecule is C=CCCCO[C@@H]1O[C@@H](C)[C@H](OC2(C)O[C@H]3OC[C@@H](OC(C)=O)[C@H](OC(C)=O)[C@H]3O2)[C@@H](O[C@@H]2O[C@H](COC(C)=O)[C@@H](OC(C)=O)[C@H](OC(C)=O)[C@H]2OC(C)=O)[C@H]1OC(=O)c1ccccc1. The number of rotatable bonds is 18. The fraction of sp³-hybridized carbons (Fsp3) is 0.651. The van der Waals surface area contributed by atoms with Gasteiger partial charge in [-0.15, -0.1) is 6.58 Å². The minimum absolute atomic E-state index is 0.0752. The number of carbonyl (C=O) groups is 7. The third kappa shape index (κ3) is 13.7. The second-order valence-corrected chi connectivity index (χ2v) is 15.5. The lowest BCUT2D eigenvalue weighted by Gasteiger charge is -2.49. The maximum absolute atomic E-state index is 14.0. The van der Waals surface area contributed by atoms with E-state index in [-0.39, 0.29) is 18.8 Å². The fourth-order valence-corrected chi connectivity index (χ4v) is 7.60. The highest BCUT2D eigenvalue weighted by Gasteiger charge is 2.61. The summed E-state index contributed by atoms with van der Waals surface area (Å²) in [7, 11) is 0. The van der Waals surface area contributed by atoms with Crippen molar-refractivity contribution in [1.82, 2.24) is 0 Å². The summed E-state index contributed by atoms with van der Waals surface area (Å²) in [6.45, 7) is 12.6. The van der Waals surface area contributed by atoms with Crippen molar-refractivity contribution in [3.63, 3.8) is 0 Å². The average Bonchev–Trinajstić information content (AvgIpc) is 3.57. The normalized spacial score (nSPS) is 34.2. The van der Waals surface area contributed by atoms with Crippen LogP contribution in [0.4, 0.5) is 0 Å². The number of unbranched alkanes of at least 4 members (excludes halogenated alkanes) is 1. The Morgan fingerprint density at radius 3 is 1.91 bits per heavy atom. The summed E-state index contributed by atoms with van der Waals surface area (Å²) in [6, 6.07) is 7.93. The third-order valence-corrected chi connectivity index (χ3v) is 10.1. The fourth-order valence-electron chi connectivity index (χ4n) is 7.60. The van der Waals surface area contributed by atoms with E-state index < -0.39 is 140 Å². The second kappa shape index (κ2) is 22.9. The van der Waals surface area contributed by atoms with Crippen molar-refractivity contribution in [2.45, 2.75) is 160 Å². The van der Waals surface area contributed by atoms with Crippen LogP contribution in [-0.4, -0.2) is 154 Å². The molecule has 65 heavy (non-hydrogen) atoms. The first-order valence-corrected chi connectivity index (χ1v) is 20.9. The van der Waals surface area contributed by atoms with Gasteiger partial charge in [-0.2, -0.15) is 0 Å². The van der Waals surface area contributed by atoms with Gasteiger partial charge in [0, 0.05) is 48.5 Å². The zero-order valence-corrected chi connectivity index (χ0v) is 37.3. The first-order valence-electron chi connectivity index (χ1n) is 20.9. The summed E-state index contributed by atoms with van der Waals surface area (Å²) in [6.07, 6.45) is -17.3. The molecule has 1 unspecified atom stereocenters. The Kier molecular flexibility index (Phi) is 17.9. The van der Waals surface area contributed by atoms with E-state index in [1.165, 1.54) is 26.0 Å². The molecule has 360 valence electrons.